The van der Waals surface area contributed by atoms with Gasteiger partial charge in [0.05, 0.1) is 11.5 Å². The molecule has 1 atom stereocenters. The maximum absolute atomic E-state index is 12.6. The van der Waals surface area contributed by atoms with Crippen molar-refractivity contribution in [2.24, 2.45) is 0 Å². The van der Waals surface area contributed by atoms with Gasteiger partial charge >= 0.3 is 0 Å². The fourth-order valence-corrected chi connectivity index (χ4v) is 3.54. The molecular formula is C22H22N2O3S. The third kappa shape index (κ3) is 5.04. The number of furan rings is 1. The molecule has 1 unspecified atom stereocenters. The van der Waals surface area contributed by atoms with Gasteiger partial charge in [-0.25, -0.2) is 0 Å². The van der Waals surface area contributed by atoms with Crippen LogP contribution in [0.15, 0.2) is 70.2 Å². The maximum atomic E-state index is 12.6. The van der Waals surface area contributed by atoms with Crippen LogP contribution in [0.2, 0.25) is 0 Å². The zero-order valence-electron chi connectivity index (χ0n) is 16.0. The van der Waals surface area contributed by atoms with Crippen molar-refractivity contribution in [1.82, 2.24) is 0 Å². The summed E-state index contributed by atoms with van der Waals surface area (Å²) in [6.45, 7) is 5.83. The van der Waals surface area contributed by atoms with Gasteiger partial charge < -0.3 is 15.1 Å². The van der Waals surface area contributed by atoms with Crippen molar-refractivity contribution in [2.75, 3.05) is 10.6 Å². The Balaban J connectivity index is 1.63. The van der Waals surface area contributed by atoms with Gasteiger partial charge in [0.1, 0.15) is 0 Å². The molecule has 0 saturated carbocycles. The SMILES string of the molecule is Cc1ccc(C)c(NC(=O)C(C)Sc2cccc(NC(=O)c3ccco3)c2)c1. The number of carbonyl (C=O) groups excluding carboxylic acids is 2. The van der Waals surface area contributed by atoms with Gasteiger partial charge in [0.25, 0.3) is 5.91 Å². The van der Waals surface area contributed by atoms with Crippen molar-refractivity contribution in [1.29, 1.82) is 0 Å². The van der Waals surface area contributed by atoms with E-state index in [-0.39, 0.29) is 22.8 Å². The van der Waals surface area contributed by atoms with Gasteiger partial charge in [0, 0.05) is 16.3 Å². The lowest BCUT2D eigenvalue weighted by Crippen LogP contribution is -2.22. The smallest absolute Gasteiger partial charge is 0.291 e. The van der Waals surface area contributed by atoms with Crippen LogP contribution in [0.3, 0.4) is 0 Å². The lowest BCUT2D eigenvalue weighted by molar-refractivity contribution is -0.115. The topological polar surface area (TPSA) is 71.3 Å². The van der Waals surface area contributed by atoms with E-state index in [9.17, 15) is 9.59 Å². The highest BCUT2D eigenvalue weighted by atomic mass is 32.2. The van der Waals surface area contributed by atoms with Gasteiger partial charge in [-0.3, -0.25) is 9.59 Å². The van der Waals surface area contributed by atoms with Crippen molar-refractivity contribution < 1.29 is 14.0 Å². The largest absolute Gasteiger partial charge is 0.459 e. The Morgan fingerprint density at radius 2 is 1.82 bits per heavy atom. The van der Waals surface area contributed by atoms with E-state index in [1.54, 1.807) is 18.2 Å². The zero-order valence-corrected chi connectivity index (χ0v) is 16.8. The lowest BCUT2D eigenvalue weighted by atomic mass is 10.1. The first-order valence-corrected chi connectivity index (χ1v) is 9.80. The molecule has 0 aliphatic rings. The second kappa shape index (κ2) is 8.80. The van der Waals surface area contributed by atoms with Crippen LogP contribution in [-0.4, -0.2) is 17.1 Å². The minimum Gasteiger partial charge on any atom is -0.459 e. The molecular weight excluding hydrogens is 372 g/mol. The van der Waals surface area contributed by atoms with Gasteiger partial charge in [-0.15, -0.1) is 11.8 Å². The summed E-state index contributed by atoms with van der Waals surface area (Å²) in [5, 5.41) is 5.49. The predicted octanol–water partition coefficient (Wildman–Crippen LogP) is 5.27. The van der Waals surface area contributed by atoms with E-state index in [0.717, 1.165) is 21.7 Å². The molecule has 0 aliphatic carbocycles. The first kappa shape index (κ1) is 19.8. The Hall–Kier alpha value is -2.99. The number of amides is 2. The van der Waals surface area contributed by atoms with Gasteiger partial charge in [-0.1, -0.05) is 18.2 Å². The Bertz CT molecular complexity index is 983. The number of rotatable bonds is 6. The van der Waals surface area contributed by atoms with Crippen molar-refractivity contribution in [2.45, 2.75) is 30.9 Å². The summed E-state index contributed by atoms with van der Waals surface area (Å²) in [6.07, 6.45) is 1.46. The average molecular weight is 394 g/mol. The number of thioether (sulfide) groups is 1. The van der Waals surface area contributed by atoms with Crippen LogP contribution in [0.5, 0.6) is 0 Å². The van der Waals surface area contributed by atoms with Crippen molar-refractivity contribution >= 4 is 35.0 Å². The minimum absolute atomic E-state index is 0.0660. The Labute approximate surface area is 168 Å². The standard InChI is InChI=1S/C22H22N2O3S/c1-14-9-10-15(2)19(12-14)24-21(25)16(3)28-18-7-4-6-17(13-18)23-22(26)20-8-5-11-27-20/h4-13,16H,1-3H3,(H,23,26)(H,24,25). The first-order valence-electron chi connectivity index (χ1n) is 8.92. The first-order chi connectivity index (χ1) is 13.4. The number of anilines is 2. The predicted molar refractivity (Wildman–Crippen MR) is 113 cm³/mol. The highest BCUT2D eigenvalue weighted by molar-refractivity contribution is 8.00. The summed E-state index contributed by atoms with van der Waals surface area (Å²) in [5.41, 5.74) is 3.60. The third-order valence-corrected chi connectivity index (χ3v) is 5.26. The van der Waals surface area contributed by atoms with Gasteiger partial charge in [-0.05, 0) is 68.3 Å². The monoisotopic (exact) mass is 394 g/mol. The number of aryl methyl sites for hydroxylation is 2. The minimum atomic E-state index is -0.312. The van der Waals surface area contributed by atoms with Crippen LogP contribution < -0.4 is 10.6 Å². The third-order valence-electron chi connectivity index (χ3n) is 4.17. The number of carbonyl (C=O) groups is 2. The van der Waals surface area contributed by atoms with Crippen molar-refractivity contribution in [3.63, 3.8) is 0 Å². The normalized spacial score (nSPS) is 11.7. The van der Waals surface area contributed by atoms with Crippen LogP contribution in [0, 0.1) is 13.8 Å². The van der Waals surface area contributed by atoms with Gasteiger partial charge in [0.15, 0.2) is 5.76 Å². The number of nitrogens with one attached hydrogen (secondary N) is 2. The molecule has 144 valence electrons. The highest BCUT2D eigenvalue weighted by Gasteiger charge is 2.16. The molecule has 6 heteroatoms. The Kier molecular flexibility index (Phi) is 6.21. The lowest BCUT2D eigenvalue weighted by Gasteiger charge is -2.14. The zero-order chi connectivity index (χ0) is 20.1. The van der Waals surface area contributed by atoms with Gasteiger partial charge in [-0.2, -0.15) is 0 Å². The van der Waals surface area contributed by atoms with Crippen molar-refractivity contribution in [3.05, 3.63) is 77.7 Å². The summed E-state index contributed by atoms with van der Waals surface area (Å²) < 4.78 is 5.10. The maximum Gasteiger partial charge on any atom is 0.291 e. The Morgan fingerprint density at radius 1 is 1.00 bits per heavy atom. The van der Waals surface area contributed by atoms with Crippen LogP contribution >= 0.6 is 11.8 Å². The summed E-state index contributed by atoms with van der Waals surface area (Å²) in [5.74, 6) is -0.129. The second-order valence-electron chi connectivity index (χ2n) is 6.53. The van der Waals surface area contributed by atoms with E-state index >= 15 is 0 Å². The molecule has 3 aromatic rings. The summed E-state index contributed by atoms with van der Waals surface area (Å²) >= 11 is 1.43. The average Bonchev–Trinajstić information content (AvgIpc) is 3.20. The van der Waals surface area contributed by atoms with E-state index in [4.69, 9.17) is 4.42 Å². The highest BCUT2D eigenvalue weighted by Crippen LogP contribution is 2.27. The molecule has 2 N–H and O–H groups in total. The quantitative estimate of drug-likeness (QED) is 0.559. The molecule has 0 aliphatic heterocycles. The van der Waals surface area contributed by atoms with Crippen LogP contribution in [0.25, 0.3) is 0 Å². The van der Waals surface area contributed by atoms with E-state index in [1.165, 1.54) is 18.0 Å². The van der Waals surface area contributed by atoms with Gasteiger partial charge in [0.2, 0.25) is 5.91 Å². The van der Waals surface area contributed by atoms with Crippen LogP contribution in [-0.2, 0) is 4.79 Å². The number of hydrogen-bond donors (Lipinski definition) is 2. The molecule has 1 aromatic heterocycles. The summed E-state index contributed by atoms with van der Waals surface area (Å²) in [7, 11) is 0. The molecule has 5 nitrogen and oxygen atoms in total. The molecule has 3 rings (SSSR count). The molecule has 28 heavy (non-hydrogen) atoms. The van der Waals surface area contributed by atoms with E-state index in [1.807, 2.05) is 57.2 Å². The molecule has 1 heterocycles. The summed E-state index contributed by atoms with van der Waals surface area (Å²) in [6, 6.07) is 16.6. The number of hydrogen-bond acceptors (Lipinski definition) is 4. The molecule has 0 radical (unpaired) electrons. The number of benzene rings is 2. The van der Waals surface area contributed by atoms with E-state index in [2.05, 4.69) is 10.6 Å². The molecule has 0 fully saturated rings. The van der Waals surface area contributed by atoms with Crippen LogP contribution in [0.4, 0.5) is 11.4 Å². The summed E-state index contributed by atoms with van der Waals surface area (Å²) in [4.78, 5) is 25.6. The molecule has 2 aromatic carbocycles. The van der Waals surface area contributed by atoms with E-state index in [0.29, 0.717) is 5.69 Å². The molecule has 2 amide bonds. The fraction of sp³-hybridized carbons (Fsp3) is 0.182. The van der Waals surface area contributed by atoms with E-state index < -0.39 is 0 Å². The molecule has 0 bridgehead atoms. The molecule has 0 spiro atoms. The van der Waals surface area contributed by atoms with Crippen LogP contribution in [0.1, 0.15) is 28.6 Å². The second-order valence-corrected chi connectivity index (χ2v) is 7.94. The Morgan fingerprint density at radius 3 is 2.57 bits per heavy atom. The fourth-order valence-electron chi connectivity index (χ4n) is 2.61. The molecule has 0 saturated heterocycles. The van der Waals surface area contributed by atoms with Crippen molar-refractivity contribution in [3.8, 4) is 0 Å².